The van der Waals surface area contributed by atoms with Crippen LogP contribution in [0.1, 0.15) is 30.3 Å². The van der Waals surface area contributed by atoms with Gasteiger partial charge in [0.15, 0.2) is 0 Å². The standard InChI is InChI=1S/C8H7N3/c9-5-7-3-4-10-8(11-7)6-1-2-6/h3-4,6H,1-2H2. The molecule has 0 aliphatic heterocycles. The molecule has 3 heteroatoms. The van der Waals surface area contributed by atoms with Crippen molar-refractivity contribution in [3.8, 4) is 6.07 Å². The summed E-state index contributed by atoms with van der Waals surface area (Å²) in [6.07, 6.45) is 4.00. The number of hydrogen-bond donors (Lipinski definition) is 0. The molecule has 11 heavy (non-hydrogen) atoms. The molecule has 0 unspecified atom stereocenters. The Morgan fingerprint density at radius 3 is 3.00 bits per heavy atom. The number of nitriles is 1. The van der Waals surface area contributed by atoms with Gasteiger partial charge in [-0.1, -0.05) is 0 Å². The summed E-state index contributed by atoms with van der Waals surface area (Å²) >= 11 is 0. The van der Waals surface area contributed by atoms with Crippen LogP contribution in [0.4, 0.5) is 0 Å². The Hall–Kier alpha value is -1.43. The normalized spacial score (nSPS) is 15.9. The van der Waals surface area contributed by atoms with Crippen molar-refractivity contribution in [2.24, 2.45) is 0 Å². The summed E-state index contributed by atoms with van der Waals surface area (Å²) in [4.78, 5) is 8.17. The van der Waals surface area contributed by atoms with Crippen molar-refractivity contribution in [1.82, 2.24) is 9.97 Å². The molecule has 54 valence electrons. The van der Waals surface area contributed by atoms with Gasteiger partial charge in [-0.3, -0.25) is 0 Å². The Kier molecular flexibility index (Phi) is 1.32. The minimum absolute atomic E-state index is 0.474. The van der Waals surface area contributed by atoms with Gasteiger partial charge < -0.3 is 0 Å². The van der Waals surface area contributed by atoms with E-state index in [0.717, 1.165) is 5.82 Å². The zero-order valence-corrected chi connectivity index (χ0v) is 5.99. The van der Waals surface area contributed by atoms with E-state index in [-0.39, 0.29) is 0 Å². The molecule has 1 aliphatic carbocycles. The molecule has 1 aromatic heterocycles. The largest absolute Gasteiger partial charge is 0.241 e. The fraction of sp³-hybridized carbons (Fsp3) is 0.375. The zero-order valence-electron chi connectivity index (χ0n) is 5.99. The average molecular weight is 145 g/mol. The van der Waals surface area contributed by atoms with Crippen LogP contribution < -0.4 is 0 Å². The van der Waals surface area contributed by atoms with Crippen LogP contribution in [-0.4, -0.2) is 9.97 Å². The molecule has 2 rings (SSSR count). The highest BCUT2D eigenvalue weighted by Crippen LogP contribution is 2.37. The first-order chi connectivity index (χ1) is 5.40. The number of rotatable bonds is 1. The number of hydrogen-bond acceptors (Lipinski definition) is 3. The maximum atomic E-state index is 8.52. The van der Waals surface area contributed by atoms with E-state index in [1.54, 1.807) is 12.3 Å². The van der Waals surface area contributed by atoms with Gasteiger partial charge in [0, 0.05) is 12.1 Å². The summed E-state index contributed by atoms with van der Waals surface area (Å²) in [6.45, 7) is 0. The zero-order chi connectivity index (χ0) is 7.68. The highest BCUT2D eigenvalue weighted by Gasteiger charge is 2.26. The molecule has 1 heterocycles. The molecule has 1 saturated carbocycles. The molecule has 1 aromatic rings. The van der Waals surface area contributed by atoms with Gasteiger partial charge in [0.2, 0.25) is 0 Å². The molecule has 0 aromatic carbocycles. The first-order valence-corrected chi connectivity index (χ1v) is 3.63. The van der Waals surface area contributed by atoms with Crippen molar-refractivity contribution in [2.75, 3.05) is 0 Å². The van der Waals surface area contributed by atoms with Gasteiger partial charge in [-0.15, -0.1) is 0 Å². The van der Waals surface area contributed by atoms with E-state index in [2.05, 4.69) is 9.97 Å². The van der Waals surface area contributed by atoms with Crippen LogP contribution in [0, 0.1) is 11.3 Å². The summed E-state index contributed by atoms with van der Waals surface area (Å²) in [5, 5.41) is 8.52. The molecule has 1 aliphatic rings. The number of aromatic nitrogens is 2. The minimum Gasteiger partial charge on any atom is -0.241 e. The van der Waals surface area contributed by atoms with Crippen molar-refractivity contribution < 1.29 is 0 Å². The average Bonchev–Trinajstić information content (AvgIpc) is 2.87. The van der Waals surface area contributed by atoms with Crippen LogP contribution in [0.2, 0.25) is 0 Å². The molecule has 0 N–H and O–H groups in total. The van der Waals surface area contributed by atoms with E-state index in [1.165, 1.54) is 12.8 Å². The highest BCUT2D eigenvalue weighted by atomic mass is 14.9. The van der Waals surface area contributed by atoms with E-state index in [4.69, 9.17) is 5.26 Å². The Morgan fingerprint density at radius 2 is 2.36 bits per heavy atom. The smallest absolute Gasteiger partial charge is 0.144 e. The predicted molar refractivity (Wildman–Crippen MR) is 38.7 cm³/mol. The van der Waals surface area contributed by atoms with Crippen LogP contribution in [-0.2, 0) is 0 Å². The summed E-state index contributed by atoms with van der Waals surface area (Å²) in [7, 11) is 0. The van der Waals surface area contributed by atoms with Crippen LogP contribution in [0.5, 0.6) is 0 Å². The lowest BCUT2D eigenvalue weighted by atomic mass is 10.3. The maximum Gasteiger partial charge on any atom is 0.144 e. The fourth-order valence-corrected chi connectivity index (χ4v) is 0.974. The van der Waals surface area contributed by atoms with Crippen LogP contribution in [0.3, 0.4) is 0 Å². The third-order valence-corrected chi connectivity index (χ3v) is 1.73. The highest BCUT2D eigenvalue weighted by molar-refractivity contribution is 5.20. The van der Waals surface area contributed by atoms with E-state index >= 15 is 0 Å². The summed E-state index contributed by atoms with van der Waals surface area (Å²) in [6, 6.07) is 3.63. The Balaban J connectivity index is 2.35. The van der Waals surface area contributed by atoms with Crippen molar-refractivity contribution in [1.29, 1.82) is 5.26 Å². The first kappa shape index (κ1) is 6.29. The fourth-order valence-electron chi connectivity index (χ4n) is 0.974. The third-order valence-electron chi connectivity index (χ3n) is 1.73. The van der Waals surface area contributed by atoms with Crippen LogP contribution in [0.25, 0.3) is 0 Å². The van der Waals surface area contributed by atoms with Crippen LogP contribution in [0.15, 0.2) is 12.3 Å². The van der Waals surface area contributed by atoms with Crippen molar-refractivity contribution >= 4 is 0 Å². The molecule has 0 saturated heterocycles. The van der Waals surface area contributed by atoms with E-state index in [9.17, 15) is 0 Å². The van der Waals surface area contributed by atoms with Crippen molar-refractivity contribution in [3.63, 3.8) is 0 Å². The van der Waals surface area contributed by atoms with Gasteiger partial charge in [-0.05, 0) is 18.9 Å². The van der Waals surface area contributed by atoms with Gasteiger partial charge in [0.1, 0.15) is 17.6 Å². The van der Waals surface area contributed by atoms with Crippen molar-refractivity contribution in [3.05, 3.63) is 23.8 Å². The predicted octanol–water partition coefficient (Wildman–Crippen LogP) is 1.23. The Labute approximate surface area is 64.7 Å². The number of nitrogens with zero attached hydrogens (tertiary/aromatic N) is 3. The van der Waals surface area contributed by atoms with E-state index in [0.29, 0.717) is 11.6 Å². The summed E-state index contributed by atoms with van der Waals surface area (Å²) in [5.74, 6) is 1.37. The monoisotopic (exact) mass is 145 g/mol. The topological polar surface area (TPSA) is 49.6 Å². The molecular formula is C8H7N3. The van der Waals surface area contributed by atoms with Crippen molar-refractivity contribution in [2.45, 2.75) is 18.8 Å². The van der Waals surface area contributed by atoms with Gasteiger partial charge in [0.05, 0.1) is 0 Å². The summed E-state index contributed by atoms with van der Waals surface area (Å²) < 4.78 is 0. The van der Waals surface area contributed by atoms with Gasteiger partial charge in [0.25, 0.3) is 0 Å². The molecule has 0 bridgehead atoms. The van der Waals surface area contributed by atoms with Crippen LogP contribution >= 0.6 is 0 Å². The lowest BCUT2D eigenvalue weighted by Gasteiger charge is -1.93. The summed E-state index contributed by atoms with van der Waals surface area (Å²) in [5.41, 5.74) is 0.474. The minimum atomic E-state index is 0.474. The third kappa shape index (κ3) is 1.20. The SMILES string of the molecule is N#Cc1ccnc(C2CC2)n1. The molecule has 0 radical (unpaired) electrons. The van der Waals surface area contributed by atoms with E-state index in [1.807, 2.05) is 6.07 Å². The molecule has 0 amide bonds. The van der Waals surface area contributed by atoms with Gasteiger partial charge in [-0.2, -0.15) is 5.26 Å². The van der Waals surface area contributed by atoms with Gasteiger partial charge in [-0.25, -0.2) is 9.97 Å². The second-order valence-corrected chi connectivity index (χ2v) is 2.69. The second-order valence-electron chi connectivity index (χ2n) is 2.69. The molecule has 0 spiro atoms. The Bertz CT molecular complexity index is 309. The quantitative estimate of drug-likeness (QED) is 0.597. The molecular weight excluding hydrogens is 138 g/mol. The molecule has 0 atom stereocenters. The van der Waals surface area contributed by atoms with E-state index < -0.39 is 0 Å². The maximum absolute atomic E-state index is 8.52. The lowest BCUT2D eigenvalue weighted by molar-refractivity contribution is 0.918. The molecule has 1 fully saturated rings. The lowest BCUT2D eigenvalue weighted by Crippen LogP contribution is -1.93. The first-order valence-electron chi connectivity index (χ1n) is 3.63. The molecule has 3 nitrogen and oxygen atoms in total. The van der Waals surface area contributed by atoms with Gasteiger partial charge >= 0.3 is 0 Å². The second kappa shape index (κ2) is 2.31. The Morgan fingerprint density at radius 1 is 1.55 bits per heavy atom.